The van der Waals surface area contributed by atoms with E-state index < -0.39 is 0 Å². The van der Waals surface area contributed by atoms with Crippen LogP contribution in [0.4, 0.5) is 0 Å². The van der Waals surface area contributed by atoms with Crippen molar-refractivity contribution in [2.45, 2.75) is 13.8 Å². The molecule has 22 heavy (non-hydrogen) atoms. The molecule has 0 atom stereocenters. The Hall–Kier alpha value is -2.08. The van der Waals surface area contributed by atoms with Crippen LogP contribution < -0.4 is 0 Å². The van der Waals surface area contributed by atoms with Crippen LogP contribution in [0.3, 0.4) is 0 Å². The van der Waals surface area contributed by atoms with Gasteiger partial charge in [0.25, 0.3) is 11.8 Å². The second-order valence-corrected chi connectivity index (χ2v) is 6.70. The van der Waals surface area contributed by atoms with E-state index in [9.17, 15) is 9.59 Å². The molecule has 6 heteroatoms. The summed E-state index contributed by atoms with van der Waals surface area (Å²) >= 11 is 1.54. The van der Waals surface area contributed by atoms with E-state index in [1.807, 2.05) is 24.8 Å². The predicted molar refractivity (Wildman–Crippen MR) is 84.3 cm³/mol. The normalized spacial score (nSPS) is 15.2. The van der Waals surface area contributed by atoms with Crippen LogP contribution in [0.5, 0.6) is 0 Å². The highest BCUT2D eigenvalue weighted by molar-refractivity contribution is 7.14. The van der Waals surface area contributed by atoms with Crippen LogP contribution in [0.15, 0.2) is 29.1 Å². The van der Waals surface area contributed by atoms with Crippen LogP contribution in [0.1, 0.15) is 30.5 Å². The minimum absolute atomic E-state index is 0.0383. The SMILES string of the molecule is Cc1cc(C(=O)N2CCN(C(=O)c3ccoc3)CC2)sc1C. The lowest BCUT2D eigenvalue weighted by atomic mass is 10.2. The van der Waals surface area contributed by atoms with Crippen molar-refractivity contribution in [1.82, 2.24) is 9.80 Å². The maximum absolute atomic E-state index is 12.5. The largest absolute Gasteiger partial charge is 0.472 e. The van der Waals surface area contributed by atoms with Gasteiger partial charge in [0.1, 0.15) is 6.26 Å². The van der Waals surface area contributed by atoms with Gasteiger partial charge in [0.2, 0.25) is 0 Å². The summed E-state index contributed by atoms with van der Waals surface area (Å²) in [6, 6.07) is 3.61. The molecule has 3 rings (SSSR count). The number of amides is 2. The minimum Gasteiger partial charge on any atom is -0.472 e. The summed E-state index contributed by atoms with van der Waals surface area (Å²) in [6.45, 7) is 6.29. The van der Waals surface area contributed by atoms with Crippen molar-refractivity contribution in [3.63, 3.8) is 0 Å². The zero-order valence-corrected chi connectivity index (χ0v) is 13.5. The first-order valence-corrected chi connectivity index (χ1v) is 8.05. The standard InChI is InChI=1S/C16H18N2O3S/c1-11-9-14(22-12(11)2)16(20)18-6-4-17(5-7-18)15(19)13-3-8-21-10-13/h3,8-10H,4-7H2,1-2H3. The molecule has 2 aromatic rings. The molecule has 0 aliphatic carbocycles. The first kappa shape index (κ1) is 14.8. The highest BCUT2D eigenvalue weighted by atomic mass is 32.1. The molecule has 0 spiro atoms. The number of nitrogens with zero attached hydrogens (tertiary/aromatic N) is 2. The van der Waals surface area contributed by atoms with Gasteiger partial charge in [0.15, 0.2) is 0 Å². The molecule has 1 fully saturated rings. The maximum atomic E-state index is 12.5. The molecule has 5 nitrogen and oxygen atoms in total. The lowest BCUT2D eigenvalue weighted by Crippen LogP contribution is -2.50. The van der Waals surface area contributed by atoms with Crippen molar-refractivity contribution < 1.29 is 14.0 Å². The van der Waals surface area contributed by atoms with Gasteiger partial charge in [-0.15, -0.1) is 11.3 Å². The fourth-order valence-electron chi connectivity index (χ4n) is 2.52. The summed E-state index contributed by atoms with van der Waals surface area (Å²) in [5, 5.41) is 0. The Morgan fingerprint density at radius 1 is 1.09 bits per heavy atom. The second kappa shape index (κ2) is 5.96. The van der Waals surface area contributed by atoms with E-state index in [0.717, 1.165) is 10.4 Å². The van der Waals surface area contributed by atoms with Gasteiger partial charge >= 0.3 is 0 Å². The third kappa shape index (κ3) is 2.78. The molecule has 1 aliphatic rings. The summed E-state index contributed by atoms with van der Waals surface area (Å²) in [5.74, 6) is 0.0280. The van der Waals surface area contributed by atoms with Crippen molar-refractivity contribution in [2.24, 2.45) is 0 Å². The molecule has 0 aromatic carbocycles. The van der Waals surface area contributed by atoms with E-state index in [0.29, 0.717) is 31.7 Å². The number of piperazine rings is 1. The number of furan rings is 1. The smallest absolute Gasteiger partial charge is 0.264 e. The summed E-state index contributed by atoms with van der Waals surface area (Å²) in [4.78, 5) is 30.3. The molecule has 2 amide bonds. The van der Waals surface area contributed by atoms with Gasteiger partial charge in [0, 0.05) is 31.1 Å². The summed E-state index contributed by atoms with van der Waals surface area (Å²) < 4.78 is 4.95. The Balaban J connectivity index is 1.62. The van der Waals surface area contributed by atoms with Crippen LogP contribution in [-0.4, -0.2) is 47.8 Å². The molecule has 116 valence electrons. The van der Waals surface area contributed by atoms with Crippen molar-refractivity contribution in [1.29, 1.82) is 0 Å². The average Bonchev–Trinajstić information content (AvgIpc) is 3.17. The molecule has 1 aliphatic heterocycles. The van der Waals surface area contributed by atoms with Crippen molar-refractivity contribution >= 4 is 23.2 Å². The molecule has 0 unspecified atom stereocenters. The van der Waals surface area contributed by atoms with Crippen molar-refractivity contribution in [3.05, 3.63) is 45.5 Å². The summed E-state index contributed by atoms with van der Waals surface area (Å²) in [6.07, 6.45) is 2.95. The summed E-state index contributed by atoms with van der Waals surface area (Å²) in [5.41, 5.74) is 1.71. The Morgan fingerprint density at radius 3 is 2.23 bits per heavy atom. The molecule has 2 aromatic heterocycles. The number of thiophene rings is 1. The maximum Gasteiger partial charge on any atom is 0.264 e. The Morgan fingerprint density at radius 2 is 1.73 bits per heavy atom. The van der Waals surface area contributed by atoms with Gasteiger partial charge < -0.3 is 14.2 Å². The van der Waals surface area contributed by atoms with Crippen molar-refractivity contribution in [2.75, 3.05) is 26.2 Å². The number of carbonyl (C=O) groups is 2. The molecule has 0 N–H and O–H groups in total. The Kier molecular flexibility index (Phi) is 4.02. The highest BCUT2D eigenvalue weighted by Crippen LogP contribution is 2.22. The number of hydrogen-bond acceptors (Lipinski definition) is 4. The van der Waals surface area contributed by atoms with E-state index in [1.54, 1.807) is 11.0 Å². The Bertz CT molecular complexity index is 663. The number of hydrogen-bond donors (Lipinski definition) is 0. The molecular formula is C16H18N2O3S. The van der Waals surface area contributed by atoms with Gasteiger partial charge in [-0.2, -0.15) is 0 Å². The molecular weight excluding hydrogens is 300 g/mol. The van der Waals surface area contributed by atoms with Gasteiger partial charge in [-0.1, -0.05) is 0 Å². The van der Waals surface area contributed by atoms with Crippen LogP contribution >= 0.6 is 11.3 Å². The third-order valence-electron chi connectivity index (χ3n) is 4.00. The molecule has 0 radical (unpaired) electrons. The topological polar surface area (TPSA) is 53.8 Å². The fraction of sp³-hybridized carbons (Fsp3) is 0.375. The van der Waals surface area contributed by atoms with Crippen LogP contribution in [0.2, 0.25) is 0 Å². The number of aryl methyl sites for hydroxylation is 2. The average molecular weight is 318 g/mol. The van der Waals surface area contributed by atoms with E-state index in [-0.39, 0.29) is 11.8 Å². The quantitative estimate of drug-likeness (QED) is 0.855. The van der Waals surface area contributed by atoms with Crippen LogP contribution in [0, 0.1) is 13.8 Å². The zero-order chi connectivity index (χ0) is 15.7. The van der Waals surface area contributed by atoms with Gasteiger partial charge in [0.05, 0.1) is 16.7 Å². The van der Waals surface area contributed by atoms with Crippen LogP contribution in [-0.2, 0) is 0 Å². The minimum atomic E-state index is -0.0383. The highest BCUT2D eigenvalue weighted by Gasteiger charge is 2.26. The van der Waals surface area contributed by atoms with Gasteiger partial charge in [-0.05, 0) is 31.5 Å². The second-order valence-electron chi connectivity index (χ2n) is 5.45. The van der Waals surface area contributed by atoms with E-state index in [1.165, 1.54) is 28.7 Å². The third-order valence-corrected chi connectivity index (χ3v) is 5.14. The van der Waals surface area contributed by atoms with Crippen molar-refractivity contribution in [3.8, 4) is 0 Å². The lowest BCUT2D eigenvalue weighted by molar-refractivity contribution is 0.0537. The first-order chi connectivity index (χ1) is 10.6. The van der Waals surface area contributed by atoms with Gasteiger partial charge in [-0.3, -0.25) is 9.59 Å². The molecule has 0 saturated carbocycles. The lowest BCUT2D eigenvalue weighted by Gasteiger charge is -2.34. The van der Waals surface area contributed by atoms with E-state index in [2.05, 4.69) is 0 Å². The molecule has 1 saturated heterocycles. The first-order valence-electron chi connectivity index (χ1n) is 7.24. The number of rotatable bonds is 2. The number of carbonyl (C=O) groups excluding carboxylic acids is 2. The summed E-state index contributed by atoms with van der Waals surface area (Å²) in [7, 11) is 0. The van der Waals surface area contributed by atoms with E-state index >= 15 is 0 Å². The Labute approximate surface area is 133 Å². The predicted octanol–water partition coefficient (Wildman–Crippen LogP) is 2.56. The van der Waals surface area contributed by atoms with E-state index in [4.69, 9.17) is 4.42 Å². The van der Waals surface area contributed by atoms with Crippen LogP contribution in [0.25, 0.3) is 0 Å². The molecule has 3 heterocycles. The zero-order valence-electron chi connectivity index (χ0n) is 12.7. The molecule has 0 bridgehead atoms. The fourth-order valence-corrected chi connectivity index (χ4v) is 3.52. The van der Waals surface area contributed by atoms with Gasteiger partial charge in [-0.25, -0.2) is 0 Å². The monoisotopic (exact) mass is 318 g/mol.